The zero-order chi connectivity index (χ0) is 25.3. The lowest BCUT2D eigenvalue weighted by Gasteiger charge is -2.46. The maximum absolute atomic E-state index is 12.8. The largest absolute Gasteiger partial charge is 0.477 e. The van der Waals surface area contributed by atoms with Gasteiger partial charge >= 0.3 is 12.1 Å². The molecule has 6 atom stereocenters. The van der Waals surface area contributed by atoms with E-state index in [1.165, 1.54) is 22.7 Å². The molecule has 0 spiro atoms. The van der Waals surface area contributed by atoms with Crippen LogP contribution in [0.25, 0.3) is 0 Å². The normalized spacial score (nSPS) is 28.5. The number of hydrogen-bond acceptors (Lipinski definition) is 7. The second kappa shape index (κ2) is 10.4. The molecule has 2 saturated heterocycles. The van der Waals surface area contributed by atoms with Crippen molar-refractivity contribution in [3.63, 3.8) is 0 Å². The first kappa shape index (κ1) is 25.2. The Morgan fingerprint density at radius 3 is 2.71 bits per heavy atom. The number of aryl methyl sites for hydroxylation is 1. The minimum Gasteiger partial charge on any atom is -0.477 e. The van der Waals surface area contributed by atoms with E-state index in [4.69, 9.17) is 4.74 Å². The van der Waals surface area contributed by atoms with Crippen molar-refractivity contribution in [3.05, 3.63) is 53.3 Å². The van der Waals surface area contributed by atoms with Crippen LogP contribution in [0.5, 0.6) is 0 Å². The van der Waals surface area contributed by atoms with Gasteiger partial charge in [0.05, 0.1) is 18.1 Å². The third-order valence-electron chi connectivity index (χ3n) is 7.06. The van der Waals surface area contributed by atoms with Gasteiger partial charge in [0.2, 0.25) is 5.91 Å². The second-order valence-electron chi connectivity index (χ2n) is 9.31. The van der Waals surface area contributed by atoms with Crippen molar-refractivity contribution >= 4 is 29.7 Å². The molecule has 2 amide bonds. The summed E-state index contributed by atoms with van der Waals surface area (Å²) >= 11 is 1.44. The minimum absolute atomic E-state index is 0.00965. The summed E-state index contributed by atoms with van der Waals surface area (Å²) in [6.07, 6.45) is 5.95. The molecule has 0 aliphatic carbocycles. The van der Waals surface area contributed by atoms with Crippen LogP contribution in [0.4, 0.5) is 4.79 Å². The topological polar surface area (TPSA) is 120 Å². The van der Waals surface area contributed by atoms with E-state index in [2.05, 4.69) is 11.6 Å². The van der Waals surface area contributed by atoms with E-state index in [1.54, 1.807) is 24.2 Å². The summed E-state index contributed by atoms with van der Waals surface area (Å²) in [6, 6.07) is 3.48. The minimum atomic E-state index is -1.14. The fraction of sp³-hybridized carbons (Fsp3) is 0.520. The lowest BCUT2D eigenvalue weighted by Crippen LogP contribution is -2.63. The predicted octanol–water partition coefficient (Wildman–Crippen LogP) is 2.67. The zero-order valence-corrected chi connectivity index (χ0v) is 20.7. The third kappa shape index (κ3) is 4.81. The van der Waals surface area contributed by atoms with Gasteiger partial charge in [-0.05, 0) is 43.9 Å². The number of pyridine rings is 1. The molecular formula is C25H31N3O6S. The highest BCUT2D eigenvalue weighted by Gasteiger charge is 2.60. The average molecular weight is 502 g/mol. The van der Waals surface area contributed by atoms with Crippen molar-refractivity contribution in [1.29, 1.82) is 0 Å². The van der Waals surface area contributed by atoms with Crippen LogP contribution in [0.3, 0.4) is 0 Å². The van der Waals surface area contributed by atoms with Crippen LogP contribution in [0.1, 0.15) is 32.3 Å². The number of ether oxygens (including phenoxy) is 1. The van der Waals surface area contributed by atoms with Crippen LogP contribution in [0.2, 0.25) is 0 Å². The van der Waals surface area contributed by atoms with Crippen LogP contribution in [0.15, 0.2) is 47.8 Å². The van der Waals surface area contributed by atoms with Crippen molar-refractivity contribution in [1.82, 2.24) is 14.8 Å². The van der Waals surface area contributed by atoms with Crippen molar-refractivity contribution in [2.24, 2.45) is 11.8 Å². The Labute approximate surface area is 208 Å². The molecule has 0 aromatic carbocycles. The van der Waals surface area contributed by atoms with Gasteiger partial charge in [0, 0.05) is 41.1 Å². The number of aromatic nitrogens is 1. The molecule has 2 N–H and O–H groups in total. The van der Waals surface area contributed by atoms with E-state index >= 15 is 0 Å². The number of aliphatic hydroxyl groups excluding tert-OH is 1. The highest BCUT2D eigenvalue weighted by molar-refractivity contribution is 8.03. The SMILES string of the molecule is C=CCOC(=O)N1C[C@@H](SC2=C(C(=O)O)N3C(=O)[C@H]([C@@H](C)O)[C@H]3[C@H]2C)C[C@H]1CCc1ccncc1. The van der Waals surface area contributed by atoms with E-state index < -0.39 is 24.1 Å². The number of rotatable bonds is 9. The van der Waals surface area contributed by atoms with Gasteiger partial charge in [0.1, 0.15) is 12.3 Å². The van der Waals surface area contributed by atoms with Crippen LogP contribution in [-0.4, -0.2) is 79.6 Å². The number of amides is 2. The number of nitrogens with zero attached hydrogens (tertiary/aromatic N) is 3. The number of carboxylic acid groups (broad SMARTS) is 1. The van der Waals surface area contributed by atoms with Crippen molar-refractivity contribution in [2.45, 2.75) is 56.5 Å². The summed E-state index contributed by atoms with van der Waals surface area (Å²) in [5.74, 6) is -2.30. The number of thioether (sulfide) groups is 1. The highest BCUT2D eigenvalue weighted by Crippen LogP contribution is 2.52. The lowest BCUT2D eigenvalue weighted by molar-refractivity contribution is -0.163. The summed E-state index contributed by atoms with van der Waals surface area (Å²) in [5, 5.41) is 19.9. The molecule has 1 aromatic heterocycles. The fourth-order valence-electron chi connectivity index (χ4n) is 5.41. The first-order valence-electron chi connectivity index (χ1n) is 11.8. The van der Waals surface area contributed by atoms with Crippen molar-refractivity contribution < 1.29 is 29.3 Å². The summed E-state index contributed by atoms with van der Waals surface area (Å²) < 4.78 is 5.32. The van der Waals surface area contributed by atoms with Crippen LogP contribution < -0.4 is 0 Å². The van der Waals surface area contributed by atoms with E-state index in [0.29, 0.717) is 17.9 Å². The van der Waals surface area contributed by atoms with Crippen molar-refractivity contribution in [3.8, 4) is 0 Å². The standard InChI is InChI=1S/C25H31N3O6S/c1-4-11-34-25(33)27-13-18(12-17(27)6-5-16-7-9-26-10-8-16)35-22-14(2)20-19(15(3)29)23(30)28(20)21(22)24(31)32/h4,7-10,14-15,17-20,29H,1,5-6,11-13H2,2-3H3,(H,31,32)/t14-,15-,17-,18+,19-,20-/m1/s1. The molecule has 0 bridgehead atoms. The first-order valence-corrected chi connectivity index (χ1v) is 12.7. The van der Waals surface area contributed by atoms with Gasteiger partial charge in [-0.25, -0.2) is 9.59 Å². The molecule has 4 rings (SSSR count). The van der Waals surface area contributed by atoms with E-state index in [-0.39, 0.29) is 41.5 Å². The summed E-state index contributed by atoms with van der Waals surface area (Å²) in [6.45, 7) is 7.61. The van der Waals surface area contributed by atoms with Crippen LogP contribution in [-0.2, 0) is 20.7 Å². The molecule has 10 heteroatoms. The molecule has 4 heterocycles. The van der Waals surface area contributed by atoms with Gasteiger partial charge in [-0.2, -0.15) is 0 Å². The second-order valence-corrected chi connectivity index (χ2v) is 10.7. The smallest absolute Gasteiger partial charge is 0.410 e. The van der Waals surface area contributed by atoms with Crippen LogP contribution in [0, 0.1) is 11.8 Å². The number of aliphatic hydroxyl groups is 1. The van der Waals surface area contributed by atoms with Gasteiger partial charge in [-0.15, -0.1) is 11.8 Å². The Morgan fingerprint density at radius 1 is 1.37 bits per heavy atom. The Balaban J connectivity index is 1.52. The number of fused-ring (bicyclic) bond motifs is 1. The average Bonchev–Trinajstić information content (AvgIpc) is 3.34. The molecule has 3 aliphatic rings. The number of likely N-dealkylation sites (tertiary alicyclic amines) is 1. The zero-order valence-electron chi connectivity index (χ0n) is 19.9. The van der Waals surface area contributed by atoms with E-state index in [9.17, 15) is 24.6 Å². The summed E-state index contributed by atoms with van der Waals surface area (Å²) in [4.78, 5) is 45.3. The van der Waals surface area contributed by atoms with Gasteiger partial charge < -0.3 is 24.7 Å². The molecule has 35 heavy (non-hydrogen) atoms. The maximum atomic E-state index is 12.8. The van der Waals surface area contributed by atoms with Crippen LogP contribution >= 0.6 is 11.8 Å². The number of aliphatic carboxylic acids is 1. The molecule has 9 nitrogen and oxygen atoms in total. The lowest BCUT2D eigenvalue weighted by atomic mass is 9.79. The van der Waals surface area contributed by atoms with Crippen molar-refractivity contribution in [2.75, 3.05) is 13.2 Å². The van der Waals surface area contributed by atoms with E-state index in [0.717, 1.165) is 18.4 Å². The van der Waals surface area contributed by atoms with Gasteiger partial charge in [0.25, 0.3) is 0 Å². The Kier molecular flexibility index (Phi) is 7.51. The first-order chi connectivity index (χ1) is 16.7. The predicted molar refractivity (Wildman–Crippen MR) is 130 cm³/mol. The number of carboxylic acids is 1. The fourth-order valence-corrected chi connectivity index (χ4v) is 6.97. The molecular weight excluding hydrogens is 470 g/mol. The molecule has 0 saturated carbocycles. The van der Waals surface area contributed by atoms with Gasteiger partial charge in [-0.1, -0.05) is 19.6 Å². The number of β-lactam (4-membered cyclic amide) rings is 1. The molecule has 188 valence electrons. The Morgan fingerprint density at radius 2 is 2.09 bits per heavy atom. The summed E-state index contributed by atoms with van der Waals surface area (Å²) in [5.41, 5.74) is 1.14. The molecule has 1 aromatic rings. The number of hydrogen-bond donors (Lipinski definition) is 2. The van der Waals surface area contributed by atoms with Gasteiger partial charge in [0.15, 0.2) is 0 Å². The molecule has 0 radical (unpaired) electrons. The monoisotopic (exact) mass is 501 g/mol. The van der Waals surface area contributed by atoms with Gasteiger partial charge in [-0.3, -0.25) is 9.78 Å². The number of carbonyl (C=O) groups excluding carboxylic acids is 2. The highest BCUT2D eigenvalue weighted by atomic mass is 32.2. The maximum Gasteiger partial charge on any atom is 0.410 e. The molecule has 0 unspecified atom stereocenters. The third-order valence-corrected chi connectivity index (χ3v) is 8.55. The Hall–Kier alpha value is -2.85. The Bertz CT molecular complexity index is 1030. The molecule has 3 aliphatic heterocycles. The molecule has 2 fully saturated rings. The van der Waals surface area contributed by atoms with E-state index in [1.807, 2.05) is 19.1 Å². The quantitative estimate of drug-likeness (QED) is 0.391. The summed E-state index contributed by atoms with van der Waals surface area (Å²) in [7, 11) is 0. The number of carbonyl (C=O) groups is 3.